The van der Waals surface area contributed by atoms with Crippen molar-refractivity contribution in [3.05, 3.63) is 11.2 Å². The zero-order chi connectivity index (χ0) is 12.0. The highest BCUT2D eigenvalue weighted by molar-refractivity contribution is 9.11. The van der Waals surface area contributed by atoms with Crippen LogP contribution in [0.4, 0.5) is 0 Å². The maximum atomic E-state index is 11.2. The van der Waals surface area contributed by atoms with E-state index in [0.717, 1.165) is 0 Å². The number of imide groups is 1. The smallest absolute Gasteiger partial charge is 0.334 e. The van der Waals surface area contributed by atoms with Crippen LogP contribution in [0.3, 0.4) is 0 Å². The lowest BCUT2D eigenvalue weighted by atomic mass is 10.4. The summed E-state index contributed by atoms with van der Waals surface area (Å²) in [6.45, 7) is 0.372. The lowest BCUT2D eigenvalue weighted by Gasteiger charge is -2.12. The van der Waals surface area contributed by atoms with Crippen LogP contribution in [0.2, 0.25) is 0 Å². The van der Waals surface area contributed by atoms with Gasteiger partial charge in [0.1, 0.15) is 0 Å². The number of nitrogens with zero attached hydrogens (tertiary/aromatic N) is 1. The molecule has 0 aliphatic carbocycles. The third-order valence-electron chi connectivity index (χ3n) is 1.85. The van der Waals surface area contributed by atoms with Crippen LogP contribution in [0.5, 0.6) is 0 Å². The van der Waals surface area contributed by atoms with Gasteiger partial charge in [0, 0.05) is 25.6 Å². The van der Waals surface area contributed by atoms with E-state index in [2.05, 4.69) is 26.1 Å². The Kier molecular flexibility index (Phi) is 4.97. The average molecular weight is 291 g/mol. The number of amides is 2. The van der Waals surface area contributed by atoms with E-state index in [1.165, 1.54) is 0 Å². The van der Waals surface area contributed by atoms with Gasteiger partial charge in [-0.05, 0) is 4.99 Å². The fourth-order valence-corrected chi connectivity index (χ4v) is 1.29. The summed E-state index contributed by atoms with van der Waals surface area (Å²) in [7, 11) is 0. The molecule has 0 aromatic heterocycles. The van der Waals surface area contributed by atoms with E-state index in [1.54, 1.807) is 11.2 Å². The number of nitrogens with one attached hydrogen (secondary N) is 1. The summed E-state index contributed by atoms with van der Waals surface area (Å²) < 4.78 is 0. The first-order valence-electron chi connectivity index (χ1n) is 4.70. The molecule has 0 atom stereocenters. The van der Waals surface area contributed by atoms with Crippen molar-refractivity contribution in [3.63, 3.8) is 0 Å². The minimum absolute atomic E-state index is 0.0778. The number of rotatable bonds is 5. The van der Waals surface area contributed by atoms with Gasteiger partial charge in [-0.25, -0.2) is 4.79 Å². The molecule has 1 aliphatic heterocycles. The van der Waals surface area contributed by atoms with E-state index in [4.69, 9.17) is 0 Å². The fraction of sp³-hybridized carbons (Fsp3) is 0.444. The SMILES string of the molecule is O=C(CCNC=CBr)ON1C(=O)CCC1=O. The van der Waals surface area contributed by atoms with Gasteiger partial charge in [-0.3, -0.25) is 9.59 Å². The Morgan fingerprint density at radius 2 is 2.06 bits per heavy atom. The molecule has 0 radical (unpaired) electrons. The van der Waals surface area contributed by atoms with Crippen molar-refractivity contribution in [2.24, 2.45) is 0 Å². The number of halogens is 1. The van der Waals surface area contributed by atoms with Crippen molar-refractivity contribution in [1.82, 2.24) is 10.4 Å². The summed E-state index contributed by atoms with van der Waals surface area (Å²) in [5, 5.41) is 3.34. The zero-order valence-corrected chi connectivity index (χ0v) is 10.0. The highest BCUT2D eigenvalue weighted by atomic mass is 79.9. The monoisotopic (exact) mass is 290 g/mol. The zero-order valence-electron chi connectivity index (χ0n) is 8.44. The van der Waals surface area contributed by atoms with Crippen molar-refractivity contribution in [2.75, 3.05) is 6.54 Å². The molecule has 0 spiro atoms. The summed E-state index contributed by atoms with van der Waals surface area (Å²) in [6.07, 6.45) is 1.90. The van der Waals surface area contributed by atoms with Gasteiger partial charge in [-0.15, -0.1) is 5.06 Å². The standard InChI is InChI=1S/C9H11BrN2O4/c10-4-6-11-5-3-9(15)16-12-7(13)1-2-8(12)14/h4,6,11H,1-3,5H2. The third-order valence-corrected chi connectivity index (χ3v) is 2.12. The Morgan fingerprint density at radius 3 is 2.62 bits per heavy atom. The van der Waals surface area contributed by atoms with E-state index in [1.807, 2.05) is 0 Å². The van der Waals surface area contributed by atoms with E-state index in [9.17, 15) is 14.4 Å². The second-order valence-corrected chi connectivity index (χ2v) is 3.57. The van der Waals surface area contributed by atoms with Gasteiger partial charge in [-0.2, -0.15) is 0 Å². The van der Waals surface area contributed by atoms with Crippen LogP contribution < -0.4 is 5.32 Å². The van der Waals surface area contributed by atoms with Crippen molar-refractivity contribution in [1.29, 1.82) is 0 Å². The molecule has 6 nitrogen and oxygen atoms in total. The van der Waals surface area contributed by atoms with E-state index < -0.39 is 17.8 Å². The summed E-state index contributed by atoms with van der Waals surface area (Å²) in [5.41, 5.74) is 0. The number of carbonyl (C=O) groups is 3. The summed E-state index contributed by atoms with van der Waals surface area (Å²) in [6, 6.07) is 0. The highest BCUT2D eigenvalue weighted by Gasteiger charge is 2.32. The molecule has 1 heterocycles. The molecule has 1 rings (SSSR count). The van der Waals surface area contributed by atoms with Crippen molar-refractivity contribution in [2.45, 2.75) is 19.3 Å². The Balaban J connectivity index is 2.28. The molecule has 88 valence electrons. The van der Waals surface area contributed by atoms with E-state index in [-0.39, 0.29) is 19.3 Å². The quantitative estimate of drug-likeness (QED) is 0.587. The summed E-state index contributed by atoms with van der Waals surface area (Å²) >= 11 is 3.05. The molecular formula is C9H11BrN2O4. The van der Waals surface area contributed by atoms with Crippen LogP contribution in [-0.2, 0) is 19.2 Å². The minimum Gasteiger partial charge on any atom is -0.390 e. The van der Waals surface area contributed by atoms with Crippen LogP contribution in [0, 0.1) is 0 Å². The first-order chi connectivity index (χ1) is 7.65. The second kappa shape index (κ2) is 6.26. The molecule has 0 aromatic rings. The maximum Gasteiger partial charge on any atom is 0.334 e. The normalized spacial score (nSPS) is 15.9. The second-order valence-electron chi connectivity index (χ2n) is 3.04. The molecular weight excluding hydrogens is 280 g/mol. The number of hydrogen-bond acceptors (Lipinski definition) is 5. The molecule has 1 aliphatic rings. The van der Waals surface area contributed by atoms with Gasteiger partial charge in [0.15, 0.2) is 0 Å². The molecule has 16 heavy (non-hydrogen) atoms. The van der Waals surface area contributed by atoms with Gasteiger partial charge in [0.2, 0.25) is 0 Å². The third kappa shape index (κ3) is 3.65. The highest BCUT2D eigenvalue weighted by Crippen LogP contribution is 2.12. The van der Waals surface area contributed by atoms with Crippen molar-refractivity contribution in [3.8, 4) is 0 Å². The number of carbonyl (C=O) groups excluding carboxylic acids is 3. The van der Waals surface area contributed by atoms with Gasteiger partial charge in [0.05, 0.1) is 6.42 Å². The molecule has 0 aromatic carbocycles. The van der Waals surface area contributed by atoms with Crippen LogP contribution in [0.25, 0.3) is 0 Å². The van der Waals surface area contributed by atoms with Crippen LogP contribution in [0.1, 0.15) is 19.3 Å². The predicted molar refractivity (Wildman–Crippen MR) is 57.9 cm³/mol. The summed E-state index contributed by atoms with van der Waals surface area (Å²) in [5.74, 6) is -1.54. The first kappa shape index (κ1) is 12.7. The Hall–Kier alpha value is -1.37. The van der Waals surface area contributed by atoms with Crippen LogP contribution in [-0.4, -0.2) is 29.4 Å². The first-order valence-corrected chi connectivity index (χ1v) is 5.62. The molecule has 7 heteroatoms. The fourth-order valence-electron chi connectivity index (χ4n) is 1.11. The maximum absolute atomic E-state index is 11.2. The largest absolute Gasteiger partial charge is 0.390 e. The lowest BCUT2D eigenvalue weighted by molar-refractivity contribution is -0.197. The molecule has 0 bridgehead atoms. The molecule has 1 fully saturated rings. The van der Waals surface area contributed by atoms with Crippen LogP contribution >= 0.6 is 15.9 Å². The molecule has 0 saturated carbocycles. The van der Waals surface area contributed by atoms with Gasteiger partial charge in [-0.1, -0.05) is 15.9 Å². The topological polar surface area (TPSA) is 75.7 Å². The van der Waals surface area contributed by atoms with Crippen LogP contribution in [0.15, 0.2) is 11.2 Å². The number of hydroxylamine groups is 2. The van der Waals surface area contributed by atoms with Gasteiger partial charge in [0.25, 0.3) is 11.8 Å². The van der Waals surface area contributed by atoms with Crippen molar-refractivity contribution < 1.29 is 19.2 Å². The average Bonchev–Trinajstić information content (AvgIpc) is 2.56. The Labute approximate surface area is 101 Å². The predicted octanol–water partition coefficient (Wildman–Crippen LogP) is 0.439. The Bertz CT molecular complexity index is 313. The molecule has 0 unspecified atom stereocenters. The van der Waals surface area contributed by atoms with E-state index in [0.29, 0.717) is 11.6 Å². The number of hydrogen-bond donors (Lipinski definition) is 1. The van der Waals surface area contributed by atoms with Gasteiger partial charge < -0.3 is 10.2 Å². The molecule has 1 N–H and O–H groups in total. The van der Waals surface area contributed by atoms with Crippen molar-refractivity contribution >= 4 is 33.7 Å². The molecule has 1 saturated heterocycles. The lowest BCUT2D eigenvalue weighted by Crippen LogP contribution is -2.32. The minimum atomic E-state index is -0.612. The molecule has 2 amide bonds. The van der Waals surface area contributed by atoms with Gasteiger partial charge >= 0.3 is 5.97 Å². The van der Waals surface area contributed by atoms with E-state index >= 15 is 0 Å². The Morgan fingerprint density at radius 1 is 1.44 bits per heavy atom. The summed E-state index contributed by atoms with van der Waals surface area (Å²) in [4.78, 5) is 39.6.